The molecule has 2 N–H and O–H groups in total. The third-order valence-electron chi connectivity index (χ3n) is 1.85. The molecule has 0 aromatic heterocycles. The molecular weight excluding hydrogens is 194 g/mol. The predicted molar refractivity (Wildman–Crippen MR) is 57.6 cm³/mol. The molecule has 4 heteroatoms. The number of aliphatic hydroxyl groups excluding tert-OH is 1. The zero-order valence-corrected chi connectivity index (χ0v) is 9.01. The standard InChI is InChI=1S/C11H17NO3/c1-9(13)12-8-11(14-2)15-10-6-4-3-5-7-10/h3-7,9,11-13H,8H2,1-2H3. The van der Waals surface area contributed by atoms with Gasteiger partial charge in [-0.2, -0.15) is 0 Å². The van der Waals surface area contributed by atoms with E-state index in [-0.39, 0.29) is 0 Å². The Hall–Kier alpha value is -1.10. The molecule has 0 heterocycles. The number of hydrogen-bond donors (Lipinski definition) is 2. The SMILES string of the molecule is COC(CNC(C)O)Oc1ccccc1. The summed E-state index contributed by atoms with van der Waals surface area (Å²) in [6.07, 6.45) is -0.968. The van der Waals surface area contributed by atoms with E-state index in [1.54, 1.807) is 14.0 Å². The van der Waals surface area contributed by atoms with Crippen molar-refractivity contribution in [3.05, 3.63) is 30.3 Å². The number of hydrogen-bond acceptors (Lipinski definition) is 4. The zero-order valence-electron chi connectivity index (χ0n) is 9.01. The minimum atomic E-state index is -0.568. The van der Waals surface area contributed by atoms with Gasteiger partial charge in [0.25, 0.3) is 0 Å². The van der Waals surface area contributed by atoms with Crippen molar-refractivity contribution in [1.82, 2.24) is 5.32 Å². The molecular formula is C11H17NO3. The molecule has 0 radical (unpaired) electrons. The lowest BCUT2D eigenvalue weighted by atomic mass is 10.3. The predicted octanol–water partition coefficient (Wildman–Crippen LogP) is 0.966. The maximum atomic E-state index is 9.04. The van der Waals surface area contributed by atoms with E-state index in [1.807, 2.05) is 30.3 Å². The lowest BCUT2D eigenvalue weighted by Crippen LogP contribution is -2.37. The topological polar surface area (TPSA) is 50.7 Å². The lowest BCUT2D eigenvalue weighted by Gasteiger charge is -2.18. The van der Waals surface area contributed by atoms with Gasteiger partial charge in [-0.25, -0.2) is 0 Å². The molecule has 84 valence electrons. The van der Waals surface area contributed by atoms with E-state index >= 15 is 0 Å². The number of rotatable bonds is 6. The van der Waals surface area contributed by atoms with E-state index in [9.17, 15) is 0 Å². The smallest absolute Gasteiger partial charge is 0.212 e. The molecule has 1 rings (SSSR count). The van der Waals surface area contributed by atoms with Crippen molar-refractivity contribution in [2.45, 2.75) is 19.4 Å². The van der Waals surface area contributed by atoms with Crippen LogP contribution in [-0.2, 0) is 4.74 Å². The maximum Gasteiger partial charge on any atom is 0.212 e. The molecule has 4 nitrogen and oxygen atoms in total. The van der Waals surface area contributed by atoms with Gasteiger partial charge in [0.2, 0.25) is 6.29 Å². The molecule has 0 amide bonds. The van der Waals surface area contributed by atoms with Gasteiger partial charge in [-0.15, -0.1) is 0 Å². The summed E-state index contributed by atoms with van der Waals surface area (Å²) >= 11 is 0. The number of para-hydroxylation sites is 1. The van der Waals surface area contributed by atoms with Crippen molar-refractivity contribution in [1.29, 1.82) is 0 Å². The fraction of sp³-hybridized carbons (Fsp3) is 0.455. The minimum absolute atomic E-state index is 0.401. The van der Waals surface area contributed by atoms with Crippen LogP contribution in [0.3, 0.4) is 0 Å². The van der Waals surface area contributed by atoms with Crippen molar-refractivity contribution in [3.63, 3.8) is 0 Å². The highest BCUT2D eigenvalue weighted by atomic mass is 16.7. The zero-order chi connectivity index (χ0) is 11.1. The first-order chi connectivity index (χ1) is 7.22. The van der Waals surface area contributed by atoms with E-state index in [0.717, 1.165) is 5.75 Å². The van der Waals surface area contributed by atoms with E-state index in [4.69, 9.17) is 14.6 Å². The van der Waals surface area contributed by atoms with Gasteiger partial charge in [-0.05, 0) is 19.1 Å². The Morgan fingerprint density at radius 3 is 2.53 bits per heavy atom. The van der Waals surface area contributed by atoms with Crippen LogP contribution in [0.4, 0.5) is 0 Å². The molecule has 1 aromatic rings. The third kappa shape index (κ3) is 4.78. The maximum absolute atomic E-state index is 9.04. The summed E-state index contributed by atoms with van der Waals surface area (Å²) in [5, 5.41) is 11.9. The Kier molecular flexibility index (Phi) is 5.10. The Bertz CT molecular complexity index is 264. The van der Waals surface area contributed by atoms with Crippen LogP contribution >= 0.6 is 0 Å². The molecule has 0 aliphatic carbocycles. The molecule has 2 atom stereocenters. The fourth-order valence-corrected chi connectivity index (χ4v) is 1.09. The fourth-order valence-electron chi connectivity index (χ4n) is 1.09. The number of ether oxygens (including phenoxy) is 2. The summed E-state index contributed by atoms with van der Waals surface area (Å²) < 4.78 is 10.6. The van der Waals surface area contributed by atoms with Gasteiger partial charge in [0.05, 0.1) is 6.54 Å². The summed E-state index contributed by atoms with van der Waals surface area (Å²) in [6.45, 7) is 2.08. The van der Waals surface area contributed by atoms with Crippen LogP contribution in [0.15, 0.2) is 30.3 Å². The van der Waals surface area contributed by atoms with E-state index in [0.29, 0.717) is 6.54 Å². The molecule has 2 unspecified atom stereocenters. The van der Waals surface area contributed by atoms with Gasteiger partial charge in [0.15, 0.2) is 0 Å². The van der Waals surface area contributed by atoms with Crippen LogP contribution in [0.2, 0.25) is 0 Å². The Morgan fingerprint density at radius 1 is 1.33 bits per heavy atom. The van der Waals surface area contributed by atoms with Crippen LogP contribution in [0.5, 0.6) is 5.75 Å². The van der Waals surface area contributed by atoms with Gasteiger partial charge in [-0.1, -0.05) is 18.2 Å². The van der Waals surface area contributed by atoms with E-state index in [1.165, 1.54) is 0 Å². The normalized spacial score (nSPS) is 14.6. The number of methoxy groups -OCH3 is 1. The summed E-state index contributed by atoms with van der Waals surface area (Å²) in [5.74, 6) is 0.747. The molecule has 0 saturated heterocycles. The average Bonchev–Trinajstić information content (AvgIpc) is 2.25. The van der Waals surface area contributed by atoms with E-state index in [2.05, 4.69) is 5.32 Å². The highest BCUT2D eigenvalue weighted by molar-refractivity contribution is 5.21. The first kappa shape index (κ1) is 12.0. The molecule has 0 fully saturated rings. The van der Waals surface area contributed by atoms with Gasteiger partial charge in [0, 0.05) is 7.11 Å². The van der Waals surface area contributed by atoms with Crippen LogP contribution in [0.25, 0.3) is 0 Å². The van der Waals surface area contributed by atoms with Gasteiger partial charge in [-0.3, -0.25) is 5.32 Å². The van der Waals surface area contributed by atoms with Crippen LogP contribution in [-0.4, -0.2) is 31.3 Å². The summed E-state index contributed by atoms with van der Waals surface area (Å²) in [7, 11) is 1.57. The van der Waals surface area contributed by atoms with Crippen molar-refractivity contribution < 1.29 is 14.6 Å². The quantitative estimate of drug-likeness (QED) is 0.688. The Labute approximate surface area is 89.8 Å². The molecule has 0 spiro atoms. The van der Waals surface area contributed by atoms with Gasteiger partial charge < -0.3 is 14.6 Å². The number of nitrogens with one attached hydrogen (secondary N) is 1. The average molecular weight is 211 g/mol. The van der Waals surface area contributed by atoms with Crippen molar-refractivity contribution in [2.75, 3.05) is 13.7 Å². The Morgan fingerprint density at radius 2 is 2.00 bits per heavy atom. The third-order valence-corrected chi connectivity index (χ3v) is 1.85. The highest BCUT2D eigenvalue weighted by Gasteiger charge is 2.09. The van der Waals surface area contributed by atoms with Gasteiger partial charge >= 0.3 is 0 Å². The summed E-state index contributed by atoms with van der Waals surface area (Å²) in [4.78, 5) is 0. The summed E-state index contributed by atoms with van der Waals surface area (Å²) in [5.41, 5.74) is 0. The van der Waals surface area contributed by atoms with Gasteiger partial charge in [0.1, 0.15) is 12.0 Å². The minimum Gasteiger partial charge on any atom is -0.464 e. The second-order valence-corrected chi connectivity index (χ2v) is 3.18. The number of benzene rings is 1. The summed E-state index contributed by atoms with van der Waals surface area (Å²) in [6, 6.07) is 9.42. The number of aliphatic hydroxyl groups is 1. The molecule has 0 aliphatic rings. The molecule has 0 bridgehead atoms. The van der Waals surface area contributed by atoms with Crippen LogP contribution in [0.1, 0.15) is 6.92 Å². The monoisotopic (exact) mass is 211 g/mol. The molecule has 15 heavy (non-hydrogen) atoms. The second-order valence-electron chi connectivity index (χ2n) is 3.18. The van der Waals surface area contributed by atoms with Crippen molar-refractivity contribution in [3.8, 4) is 5.75 Å². The Balaban J connectivity index is 2.40. The molecule has 1 aromatic carbocycles. The second kappa shape index (κ2) is 6.40. The molecule has 0 aliphatic heterocycles. The lowest BCUT2D eigenvalue weighted by molar-refractivity contribution is -0.0576. The first-order valence-electron chi connectivity index (χ1n) is 4.88. The van der Waals surface area contributed by atoms with Crippen molar-refractivity contribution in [2.24, 2.45) is 0 Å². The van der Waals surface area contributed by atoms with E-state index < -0.39 is 12.5 Å². The first-order valence-corrected chi connectivity index (χ1v) is 4.88. The molecule has 0 saturated carbocycles. The largest absolute Gasteiger partial charge is 0.464 e. The van der Waals surface area contributed by atoms with Crippen LogP contribution < -0.4 is 10.1 Å². The van der Waals surface area contributed by atoms with Crippen LogP contribution in [0, 0.1) is 0 Å². The highest BCUT2D eigenvalue weighted by Crippen LogP contribution is 2.10. The van der Waals surface area contributed by atoms with Crippen molar-refractivity contribution >= 4 is 0 Å².